The molecule has 7 heteroatoms. The van der Waals surface area contributed by atoms with E-state index in [1.807, 2.05) is 29.6 Å². The van der Waals surface area contributed by atoms with Gasteiger partial charge in [-0.2, -0.15) is 8.42 Å². The van der Waals surface area contributed by atoms with E-state index in [-0.39, 0.29) is 10.8 Å². The van der Waals surface area contributed by atoms with Crippen molar-refractivity contribution in [3.63, 3.8) is 0 Å². The number of benzene rings is 3. The number of carbonyl (C=O) groups is 1. The van der Waals surface area contributed by atoms with Gasteiger partial charge >= 0.3 is 0 Å². The molecule has 3 N–H and O–H groups in total. The molecule has 1 heterocycles. The lowest BCUT2D eigenvalue weighted by atomic mass is 10.1. The van der Waals surface area contributed by atoms with Crippen molar-refractivity contribution in [2.75, 3.05) is 0 Å². The number of fused-ring (bicyclic) bond motifs is 2. The zero-order chi connectivity index (χ0) is 18.7. The highest BCUT2D eigenvalue weighted by Crippen LogP contribution is 2.22. The average molecular weight is 385 g/mol. The molecule has 4 rings (SSSR count). The Hall–Kier alpha value is -2.74. The molecule has 4 aromatic rings. The van der Waals surface area contributed by atoms with Crippen molar-refractivity contribution < 1.29 is 17.8 Å². The summed E-state index contributed by atoms with van der Waals surface area (Å²) < 4.78 is 32.1. The van der Waals surface area contributed by atoms with Crippen molar-refractivity contribution in [1.82, 2.24) is 0 Å². The van der Waals surface area contributed by atoms with Crippen molar-refractivity contribution in [1.29, 1.82) is 0 Å². The van der Waals surface area contributed by atoms with Crippen LogP contribution < -0.4 is 5.73 Å². The van der Waals surface area contributed by atoms with Crippen LogP contribution in [0.15, 0.2) is 77.0 Å². The predicted octanol–water partition coefficient (Wildman–Crippen LogP) is 4.09. The number of thiophene rings is 1. The minimum atomic E-state index is -4.13. The number of hydrogen-bond acceptors (Lipinski definition) is 4. The maximum atomic E-state index is 11.0. The van der Waals surface area contributed by atoms with Gasteiger partial charge in [0.1, 0.15) is 4.90 Å². The second-order valence-corrected chi connectivity index (χ2v) is 7.83. The van der Waals surface area contributed by atoms with Crippen LogP contribution in [0, 0.1) is 0 Å². The highest BCUT2D eigenvalue weighted by atomic mass is 32.2. The third kappa shape index (κ3) is 3.91. The standard InChI is InChI=1S/C10H8O3S.C9H7NOS/c11-14(12,13)10-7-3-5-8-4-1-2-6-9(8)10;10-9(11)7-2-1-6-3-4-12-8(6)5-7/h1-7H,(H,11,12,13);1-5H,(H2,10,11). The second kappa shape index (κ2) is 7.25. The average Bonchev–Trinajstić information content (AvgIpc) is 3.08. The van der Waals surface area contributed by atoms with Gasteiger partial charge in [-0.3, -0.25) is 9.35 Å². The SMILES string of the molecule is NC(=O)c1ccc2ccsc2c1.O=S(=O)(O)c1cccc2ccccc12. The summed E-state index contributed by atoms with van der Waals surface area (Å²) in [6, 6.07) is 19.3. The molecule has 0 fully saturated rings. The molecule has 0 aliphatic rings. The minimum absolute atomic E-state index is 0.0457. The lowest BCUT2D eigenvalue weighted by molar-refractivity contribution is 0.100. The first-order valence-corrected chi connectivity index (χ1v) is 9.90. The summed E-state index contributed by atoms with van der Waals surface area (Å²) in [5.74, 6) is -0.370. The molecule has 0 unspecified atom stereocenters. The van der Waals surface area contributed by atoms with Gasteiger partial charge in [-0.25, -0.2) is 0 Å². The molecule has 0 radical (unpaired) electrons. The zero-order valence-electron chi connectivity index (χ0n) is 13.5. The lowest BCUT2D eigenvalue weighted by Gasteiger charge is -2.02. The fourth-order valence-electron chi connectivity index (χ4n) is 2.53. The van der Waals surface area contributed by atoms with E-state index in [1.54, 1.807) is 47.7 Å². The van der Waals surface area contributed by atoms with Crippen molar-refractivity contribution in [3.05, 3.63) is 77.7 Å². The largest absolute Gasteiger partial charge is 0.366 e. The predicted molar refractivity (Wildman–Crippen MR) is 104 cm³/mol. The number of rotatable bonds is 2. The molecule has 1 amide bonds. The van der Waals surface area contributed by atoms with Crippen molar-refractivity contribution >= 4 is 48.2 Å². The van der Waals surface area contributed by atoms with Crippen LogP contribution in [0.2, 0.25) is 0 Å². The highest BCUT2D eigenvalue weighted by Gasteiger charge is 2.12. The molecule has 0 atom stereocenters. The Morgan fingerprint density at radius 2 is 1.65 bits per heavy atom. The maximum absolute atomic E-state index is 11.0. The molecule has 1 aromatic heterocycles. The smallest absolute Gasteiger partial charge is 0.295 e. The van der Waals surface area contributed by atoms with Gasteiger partial charge < -0.3 is 5.73 Å². The van der Waals surface area contributed by atoms with Gasteiger partial charge in [-0.05, 0) is 40.4 Å². The first-order chi connectivity index (χ1) is 12.4. The van der Waals surface area contributed by atoms with Gasteiger partial charge in [0.15, 0.2) is 0 Å². The van der Waals surface area contributed by atoms with Crippen molar-refractivity contribution in [2.24, 2.45) is 5.73 Å². The van der Waals surface area contributed by atoms with Gasteiger partial charge in [0.2, 0.25) is 5.91 Å². The number of hydrogen-bond donors (Lipinski definition) is 2. The van der Waals surface area contributed by atoms with E-state index < -0.39 is 10.1 Å². The van der Waals surface area contributed by atoms with Crippen LogP contribution in [-0.4, -0.2) is 18.9 Å². The van der Waals surface area contributed by atoms with Crippen molar-refractivity contribution in [2.45, 2.75) is 4.90 Å². The Balaban J connectivity index is 0.000000152. The van der Waals surface area contributed by atoms with Crippen LogP contribution in [0.1, 0.15) is 10.4 Å². The fourth-order valence-corrected chi connectivity index (χ4v) is 4.07. The Kier molecular flexibility index (Phi) is 5.03. The van der Waals surface area contributed by atoms with Crippen LogP contribution in [0.5, 0.6) is 0 Å². The first-order valence-electron chi connectivity index (χ1n) is 7.58. The van der Waals surface area contributed by atoms with Crippen molar-refractivity contribution in [3.8, 4) is 0 Å². The third-order valence-corrected chi connectivity index (χ3v) is 5.56. The molecule has 0 saturated heterocycles. The Morgan fingerprint density at radius 3 is 2.38 bits per heavy atom. The summed E-state index contributed by atoms with van der Waals surface area (Å²) in [6.07, 6.45) is 0. The van der Waals surface area contributed by atoms with Gasteiger partial charge in [-0.1, -0.05) is 42.5 Å². The van der Waals surface area contributed by atoms with Crippen LogP contribution >= 0.6 is 11.3 Å². The number of carbonyl (C=O) groups excluding carboxylic acids is 1. The molecular weight excluding hydrogens is 370 g/mol. The number of nitrogens with two attached hydrogens (primary N) is 1. The normalized spacial score (nSPS) is 11.1. The summed E-state index contributed by atoms with van der Waals surface area (Å²) in [5, 5.41) is 4.49. The quantitative estimate of drug-likeness (QED) is 0.508. The molecule has 0 spiro atoms. The van der Waals surface area contributed by atoms with Gasteiger partial charge in [0.05, 0.1) is 0 Å². The zero-order valence-corrected chi connectivity index (χ0v) is 15.1. The Bertz CT molecular complexity index is 1190. The fraction of sp³-hybridized carbons (Fsp3) is 0. The van der Waals surface area contributed by atoms with Crippen LogP contribution in [-0.2, 0) is 10.1 Å². The number of amides is 1. The molecule has 3 aromatic carbocycles. The van der Waals surface area contributed by atoms with Crippen LogP contribution in [0.25, 0.3) is 20.9 Å². The molecule has 132 valence electrons. The van der Waals surface area contributed by atoms with Crippen LogP contribution in [0.4, 0.5) is 0 Å². The van der Waals surface area contributed by atoms with E-state index in [9.17, 15) is 13.2 Å². The van der Waals surface area contributed by atoms with Crippen LogP contribution in [0.3, 0.4) is 0 Å². The van der Waals surface area contributed by atoms with E-state index in [1.165, 1.54) is 6.07 Å². The van der Waals surface area contributed by atoms with E-state index in [4.69, 9.17) is 10.3 Å². The Labute approximate surface area is 154 Å². The number of primary amides is 1. The van der Waals surface area contributed by atoms with Gasteiger partial charge in [0, 0.05) is 15.6 Å². The summed E-state index contributed by atoms with van der Waals surface area (Å²) in [5.41, 5.74) is 5.71. The van der Waals surface area contributed by atoms with E-state index in [0.717, 1.165) is 15.5 Å². The van der Waals surface area contributed by atoms with Gasteiger partial charge in [0.25, 0.3) is 10.1 Å². The summed E-state index contributed by atoms with van der Waals surface area (Å²) in [4.78, 5) is 10.7. The maximum Gasteiger partial charge on any atom is 0.295 e. The molecular formula is C19H15NO4S2. The van der Waals surface area contributed by atoms with E-state index >= 15 is 0 Å². The molecule has 5 nitrogen and oxygen atoms in total. The molecule has 0 aliphatic heterocycles. The topological polar surface area (TPSA) is 97.5 Å². The highest BCUT2D eigenvalue weighted by molar-refractivity contribution is 7.86. The second-order valence-electron chi connectivity index (χ2n) is 5.49. The Morgan fingerprint density at radius 1 is 0.923 bits per heavy atom. The summed E-state index contributed by atoms with van der Waals surface area (Å²) >= 11 is 1.61. The summed E-state index contributed by atoms with van der Waals surface area (Å²) in [6.45, 7) is 0. The summed E-state index contributed by atoms with van der Waals surface area (Å²) in [7, 11) is -4.13. The molecule has 0 bridgehead atoms. The first kappa shape index (κ1) is 18.1. The molecule has 26 heavy (non-hydrogen) atoms. The minimum Gasteiger partial charge on any atom is -0.366 e. The van der Waals surface area contributed by atoms with E-state index in [2.05, 4.69) is 0 Å². The monoisotopic (exact) mass is 385 g/mol. The molecule has 0 aliphatic carbocycles. The third-order valence-electron chi connectivity index (χ3n) is 3.77. The van der Waals surface area contributed by atoms with Gasteiger partial charge in [-0.15, -0.1) is 11.3 Å². The van der Waals surface area contributed by atoms with E-state index in [0.29, 0.717) is 10.9 Å². The lowest BCUT2D eigenvalue weighted by Crippen LogP contribution is -2.10. The molecule has 0 saturated carbocycles.